The SMILES string of the molecule is CCn1c2ccccc2c2cc(N[C@H](C)C(=O)NCc3ccccc3)ccc21. The van der Waals surface area contributed by atoms with E-state index in [1.54, 1.807) is 0 Å². The number of amides is 1. The number of para-hydroxylation sites is 1. The van der Waals surface area contributed by atoms with E-state index < -0.39 is 0 Å². The van der Waals surface area contributed by atoms with E-state index in [0.717, 1.165) is 17.8 Å². The maximum absolute atomic E-state index is 12.5. The largest absolute Gasteiger partial charge is 0.374 e. The molecule has 1 atom stereocenters. The molecule has 4 aromatic rings. The normalized spacial score (nSPS) is 12.2. The lowest BCUT2D eigenvalue weighted by atomic mass is 10.1. The molecule has 0 fully saturated rings. The number of benzene rings is 3. The number of rotatable bonds is 6. The maximum atomic E-state index is 12.5. The van der Waals surface area contributed by atoms with Gasteiger partial charge in [0.05, 0.1) is 0 Å². The molecule has 4 rings (SSSR count). The van der Waals surface area contributed by atoms with Crippen molar-refractivity contribution in [3.63, 3.8) is 0 Å². The fourth-order valence-electron chi connectivity index (χ4n) is 3.74. The molecule has 2 N–H and O–H groups in total. The van der Waals surface area contributed by atoms with Crippen LogP contribution in [-0.4, -0.2) is 16.5 Å². The first-order valence-corrected chi connectivity index (χ1v) is 9.76. The molecule has 1 heterocycles. The minimum absolute atomic E-state index is 0.0139. The van der Waals surface area contributed by atoms with Gasteiger partial charge in [-0.1, -0.05) is 48.5 Å². The van der Waals surface area contributed by atoms with Crippen LogP contribution in [0.5, 0.6) is 0 Å². The standard InChI is InChI=1S/C24H25N3O/c1-3-27-22-12-8-7-11-20(22)21-15-19(13-14-23(21)27)26-17(2)24(28)25-16-18-9-5-4-6-10-18/h4-15,17,26H,3,16H2,1-2H3,(H,25,28)/t17-/m1/s1. The highest BCUT2D eigenvalue weighted by atomic mass is 16.2. The molecule has 0 spiro atoms. The second-order valence-corrected chi connectivity index (χ2v) is 7.06. The van der Waals surface area contributed by atoms with Gasteiger partial charge in [-0.05, 0) is 43.7 Å². The third-order valence-corrected chi connectivity index (χ3v) is 5.17. The lowest BCUT2D eigenvalue weighted by Gasteiger charge is -2.15. The number of hydrogen-bond donors (Lipinski definition) is 2. The van der Waals surface area contributed by atoms with Gasteiger partial charge in [-0.25, -0.2) is 0 Å². The van der Waals surface area contributed by atoms with Gasteiger partial charge >= 0.3 is 0 Å². The van der Waals surface area contributed by atoms with Crippen molar-refractivity contribution in [1.82, 2.24) is 9.88 Å². The summed E-state index contributed by atoms with van der Waals surface area (Å²) in [4.78, 5) is 12.5. The minimum Gasteiger partial charge on any atom is -0.374 e. The molecule has 1 amide bonds. The monoisotopic (exact) mass is 371 g/mol. The Morgan fingerprint density at radius 3 is 2.43 bits per heavy atom. The zero-order valence-corrected chi connectivity index (χ0v) is 16.3. The molecule has 0 radical (unpaired) electrons. The third-order valence-electron chi connectivity index (χ3n) is 5.17. The van der Waals surface area contributed by atoms with Gasteiger partial charge in [0.15, 0.2) is 0 Å². The first kappa shape index (κ1) is 18.1. The molecule has 28 heavy (non-hydrogen) atoms. The summed E-state index contributed by atoms with van der Waals surface area (Å²) in [5.41, 5.74) is 4.51. The molecule has 3 aromatic carbocycles. The van der Waals surface area contributed by atoms with Gasteiger partial charge in [-0.15, -0.1) is 0 Å². The highest BCUT2D eigenvalue weighted by molar-refractivity contribution is 6.09. The maximum Gasteiger partial charge on any atom is 0.242 e. The highest BCUT2D eigenvalue weighted by Crippen LogP contribution is 2.31. The van der Waals surface area contributed by atoms with E-state index in [2.05, 4.69) is 58.5 Å². The van der Waals surface area contributed by atoms with Gasteiger partial charge in [0.2, 0.25) is 5.91 Å². The second-order valence-electron chi connectivity index (χ2n) is 7.06. The van der Waals surface area contributed by atoms with Crippen LogP contribution < -0.4 is 10.6 Å². The number of carbonyl (C=O) groups excluding carboxylic acids is 1. The van der Waals surface area contributed by atoms with Crippen molar-refractivity contribution >= 4 is 33.4 Å². The van der Waals surface area contributed by atoms with Crippen molar-refractivity contribution in [2.75, 3.05) is 5.32 Å². The Labute approximate surface area is 165 Å². The van der Waals surface area contributed by atoms with Crippen molar-refractivity contribution in [3.8, 4) is 0 Å². The minimum atomic E-state index is -0.319. The Morgan fingerprint density at radius 1 is 0.929 bits per heavy atom. The molecule has 0 bridgehead atoms. The van der Waals surface area contributed by atoms with Gasteiger partial charge in [0, 0.05) is 40.6 Å². The molecular formula is C24H25N3O. The van der Waals surface area contributed by atoms with Gasteiger partial charge in [0.1, 0.15) is 6.04 Å². The van der Waals surface area contributed by atoms with Gasteiger partial charge in [-0.2, -0.15) is 0 Å². The Balaban J connectivity index is 1.53. The number of fused-ring (bicyclic) bond motifs is 3. The number of carbonyl (C=O) groups is 1. The molecule has 0 unspecified atom stereocenters. The van der Waals surface area contributed by atoms with Crippen LogP contribution in [0.2, 0.25) is 0 Å². The van der Waals surface area contributed by atoms with Crippen molar-refractivity contribution in [2.24, 2.45) is 0 Å². The number of hydrogen-bond acceptors (Lipinski definition) is 2. The van der Waals surface area contributed by atoms with Crippen LogP contribution in [-0.2, 0) is 17.9 Å². The quantitative estimate of drug-likeness (QED) is 0.505. The molecule has 0 aliphatic heterocycles. The van der Waals surface area contributed by atoms with Crippen LogP contribution in [0.25, 0.3) is 21.8 Å². The van der Waals surface area contributed by atoms with Crippen molar-refractivity contribution < 1.29 is 4.79 Å². The summed E-state index contributed by atoms with van der Waals surface area (Å²) in [6.45, 7) is 5.51. The summed E-state index contributed by atoms with van der Waals surface area (Å²) in [7, 11) is 0. The molecule has 4 nitrogen and oxygen atoms in total. The van der Waals surface area contributed by atoms with E-state index in [9.17, 15) is 4.79 Å². The van der Waals surface area contributed by atoms with Crippen LogP contribution in [0.4, 0.5) is 5.69 Å². The Hall–Kier alpha value is -3.27. The fraction of sp³-hybridized carbons (Fsp3) is 0.208. The summed E-state index contributed by atoms with van der Waals surface area (Å²) in [6, 6.07) is 24.4. The first-order valence-electron chi connectivity index (χ1n) is 9.76. The summed E-state index contributed by atoms with van der Waals surface area (Å²) < 4.78 is 2.32. The van der Waals surface area contributed by atoms with E-state index in [4.69, 9.17) is 0 Å². The number of nitrogens with one attached hydrogen (secondary N) is 2. The average molecular weight is 371 g/mol. The second kappa shape index (κ2) is 7.77. The molecule has 142 valence electrons. The molecule has 1 aromatic heterocycles. The van der Waals surface area contributed by atoms with Crippen LogP contribution in [0.3, 0.4) is 0 Å². The summed E-state index contributed by atoms with van der Waals surface area (Å²) >= 11 is 0. The Bertz CT molecular complexity index is 1110. The summed E-state index contributed by atoms with van der Waals surface area (Å²) in [6.07, 6.45) is 0. The van der Waals surface area contributed by atoms with Crippen LogP contribution in [0.15, 0.2) is 72.8 Å². The zero-order chi connectivity index (χ0) is 19.5. The first-order chi connectivity index (χ1) is 13.7. The number of anilines is 1. The van der Waals surface area contributed by atoms with Crippen LogP contribution >= 0.6 is 0 Å². The van der Waals surface area contributed by atoms with Gasteiger partial charge in [0.25, 0.3) is 0 Å². The van der Waals surface area contributed by atoms with Crippen LogP contribution in [0.1, 0.15) is 19.4 Å². The summed E-state index contributed by atoms with van der Waals surface area (Å²) in [5, 5.41) is 8.78. The number of aryl methyl sites for hydroxylation is 1. The highest BCUT2D eigenvalue weighted by Gasteiger charge is 2.14. The topological polar surface area (TPSA) is 46.1 Å². The van der Waals surface area contributed by atoms with E-state index in [0.29, 0.717) is 6.54 Å². The smallest absolute Gasteiger partial charge is 0.242 e. The molecule has 0 aliphatic carbocycles. The van der Waals surface area contributed by atoms with E-state index in [-0.39, 0.29) is 11.9 Å². The molecular weight excluding hydrogens is 346 g/mol. The lowest BCUT2D eigenvalue weighted by Crippen LogP contribution is -2.37. The van der Waals surface area contributed by atoms with Crippen molar-refractivity contribution in [1.29, 1.82) is 0 Å². The molecule has 0 saturated heterocycles. The lowest BCUT2D eigenvalue weighted by molar-refractivity contribution is -0.121. The van der Waals surface area contributed by atoms with Gasteiger partial charge < -0.3 is 15.2 Å². The molecule has 0 aliphatic rings. The predicted molar refractivity (Wildman–Crippen MR) is 116 cm³/mol. The molecule has 0 saturated carbocycles. The van der Waals surface area contributed by atoms with Gasteiger partial charge in [-0.3, -0.25) is 4.79 Å². The predicted octanol–water partition coefficient (Wildman–Crippen LogP) is 4.93. The fourth-order valence-corrected chi connectivity index (χ4v) is 3.74. The number of aromatic nitrogens is 1. The zero-order valence-electron chi connectivity index (χ0n) is 16.3. The van der Waals surface area contributed by atoms with Crippen molar-refractivity contribution in [3.05, 3.63) is 78.4 Å². The summed E-state index contributed by atoms with van der Waals surface area (Å²) in [5.74, 6) is -0.0139. The average Bonchev–Trinajstić information content (AvgIpc) is 3.05. The number of nitrogens with zero attached hydrogens (tertiary/aromatic N) is 1. The van der Waals surface area contributed by atoms with E-state index in [1.807, 2.05) is 43.3 Å². The van der Waals surface area contributed by atoms with E-state index >= 15 is 0 Å². The molecule has 4 heteroatoms. The Morgan fingerprint density at radius 2 is 1.64 bits per heavy atom. The Kier molecular flexibility index (Phi) is 5.02. The van der Waals surface area contributed by atoms with E-state index in [1.165, 1.54) is 21.8 Å². The third kappa shape index (κ3) is 3.46. The van der Waals surface area contributed by atoms with Crippen LogP contribution in [0, 0.1) is 0 Å². The van der Waals surface area contributed by atoms with Crippen molar-refractivity contribution in [2.45, 2.75) is 33.0 Å².